The van der Waals surface area contributed by atoms with Gasteiger partial charge in [0.05, 0.1) is 0 Å². The molecule has 0 radical (unpaired) electrons. The Hall–Kier alpha value is -3.14. The molecule has 0 fully saturated rings. The number of H-pyrrole nitrogens is 1. The van der Waals surface area contributed by atoms with Crippen LogP contribution in [0.2, 0.25) is 0 Å². The number of thiazole rings is 1. The number of aryl methyl sites for hydroxylation is 2. The van der Waals surface area contributed by atoms with Crippen LogP contribution in [0.1, 0.15) is 40.0 Å². The average Bonchev–Trinajstić information content (AvgIpc) is 3.38. The quantitative estimate of drug-likeness (QED) is 0.451. The van der Waals surface area contributed by atoms with Gasteiger partial charge in [-0.05, 0) is 24.8 Å². The van der Waals surface area contributed by atoms with Crippen molar-refractivity contribution in [1.29, 1.82) is 0 Å². The van der Waals surface area contributed by atoms with Crippen LogP contribution in [0.25, 0.3) is 33.5 Å². The Morgan fingerprint density at radius 1 is 1.10 bits per heavy atom. The largest absolute Gasteiger partial charge is 0.330 e. The van der Waals surface area contributed by atoms with E-state index in [0.29, 0.717) is 52.5 Å². The van der Waals surface area contributed by atoms with E-state index < -0.39 is 11.2 Å². The molecule has 0 aliphatic carbocycles. The number of hydrogen-bond acceptors (Lipinski definition) is 7. The van der Waals surface area contributed by atoms with Gasteiger partial charge in [-0.1, -0.05) is 27.2 Å². The molecule has 0 spiro atoms. The normalized spacial score (nSPS) is 11.6. The van der Waals surface area contributed by atoms with Crippen LogP contribution >= 0.6 is 11.3 Å². The molecular formula is C21H25N7O2S. The van der Waals surface area contributed by atoms with Crippen molar-refractivity contribution >= 4 is 22.5 Å². The van der Waals surface area contributed by atoms with E-state index in [1.54, 1.807) is 23.0 Å². The summed E-state index contributed by atoms with van der Waals surface area (Å²) in [7, 11) is 0. The average molecular weight is 440 g/mol. The molecule has 0 saturated carbocycles. The summed E-state index contributed by atoms with van der Waals surface area (Å²) in [5, 5.41) is 2.57. The van der Waals surface area contributed by atoms with Gasteiger partial charge in [0.15, 0.2) is 27.8 Å². The lowest BCUT2D eigenvalue weighted by Crippen LogP contribution is -2.31. The van der Waals surface area contributed by atoms with E-state index in [2.05, 4.69) is 40.7 Å². The molecule has 0 aliphatic heterocycles. The highest BCUT2D eigenvalue weighted by Crippen LogP contribution is 2.28. The first kappa shape index (κ1) is 21.1. The third-order valence-electron chi connectivity index (χ3n) is 5.04. The smallest absolute Gasteiger partial charge is 0.317 e. The van der Waals surface area contributed by atoms with Crippen molar-refractivity contribution in [2.45, 2.75) is 53.1 Å². The van der Waals surface area contributed by atoms with Crippen LogP contribution in [-0.2, 0) is 13.1 Å². The van der Waals surface area contributed by atoms with E-state index in [9.17, 15) is 9.59 Å². The Balaban J connectivity index is 1.90. The van der Waals surface area contributed by atoms with Gasteiger partial charge in [-0.25, -0.2) is 24.7 Å². The third-order valence-corrected chi connectivity index (χ3v) is 5.88. The van der Waals surface area contributed by atoms with Crippen molar-refractivity contribution in [3.8, 4) is 22.4 Å². The van der Waals surface area contributed by atoms with Crippen LogP contribution in [0.5, 0.6) is 0 Å². The molecule has 4 rings (SSSR count). The van der Waals surface area contributed by atoms with Gasteiger partial charge in [0.2, 0.25) is 0 Å². The van der Waals surface area contributed by atoms with Gasteiger partial charge >= 0.3 is 5.69 Å². The molecule has 1 N–H and O–H groups in total. The maximum absolute atomic E-state index is 12.8. The first-order valence-corrected chi connectivity index (χ1v) is 11.3. The third kappa shape index (κ3) is 4.20. The Labute approximate surface area is 182 Å². The van der Waals surface area contributed by atoms with E-state index >= 15 is 0 Å². The first-order valence-electron chi connectivity index (χ1n) is 10.5. The highest BCUT2D eigenvalue weighted by Gasteiger charge is 2.22. The molecule has 10 heteroatoms. The zero-order valence-corrected chi connectivity index (χ0v) is 18.6. The fourth-order valence-electron chi connectivity index (χ4n) is 3.39. The van der Waals surface area contributed by atoms with E-state index in [0.717, 1.165) is 19.3 Å². The molecule has 0 saturated heterocycles. The number of aromatic nitrogens is 7. The first-order chi connectivity index (χ1) is 15.0. The minimum atomic E-state index is -0.428. The number of hydrogen-bond donors (Lipinski definition) is 1. The van der Waals surface area contributed by atoms with Crippen molar-refractivity contribution in [2.75, 3.05) is 0 Å². The van der Waals surface area contributed by atoms with Crippen LogP contribution in [0.3, 0.4) is 0 Å². The van der Waals surface area contributed by atoms with Gasteiger partial charge in [-0.2, -0.15) is 0 Å². The van der Waals surface area contributed by atoms with Crippen LogP contribution < -0.4 is 11.2 Å². The van der Waals surface area contributed by atoms with Crippen molar-refractivity contribution in [3.05, 3.63) is 44.7 Å². The van der Waals surface area contributed by atoms with Gasteiger partial charge in [-0.15, -0.1) is 11.3 Å². The van der Waals surface area contributed by atoms with E-state index in [-0.39, 0.29) is 0 Å². The number of imidazole rings is 1. The summed E-state index contributed by atoms with van der Waals surface area (Å²) >= 11 is 1.42. The molecule has 0 bridgehead atoms. The number of nitrogens with one attached hydrogen (secondary N) is 1. The topological polar surface area (TPSA) is 111 Å². The second-order valence-corrected chi connectivity index (χ2v) is 8.67. The predicted octanol–water partition coefficient (Wildman–Crippen LogP) is 3.31. The summed E-state index contributed by atoms with van der Waals surface area (Å²) < 4.78 is 3.45. The molecule has 4 heterocycles. The Bertz CT molecular complexity index is 1300. The summed E-state index contributed by atoms with van der Waals surface area (Å²) in [6.07, 6.45) is 5.97. The zero-order valence-electron chi connectivity index (χ0n) is 17.8. The Morgan fingerprint density at radius 2 is 1.87 bits per heavy atom. The van der Waals surface area contributed by atoms with Crippen LogP contribution in [-0.4, -0.2) is 34.1 Å². The SMILES string of the molecule is CCCCn1c(=O)[nH]c(=O)c2c1nc(-c1csc(-c3ncccn3)n1)n2CCC(C)C. The molecule has 9 nitrogen and oxygen atoms in total. The summed E-state index contributed by atoms with van der Waals surface area (Å²) in [5.41, 5.74) is 0.615. The van der Waals surface area contributed by atoms with Crippen molar-refractivity contribution in [2.24, 2.45) is 5.92 Å². The molecule has 4 aromatic heterocycles. The van der Waals surface area contributed by atoms with Gasteiger partial charge in [0, 0.05) is 30.9 Å². The van der Waals surface area contributed by atoms with E-state index in [1.807, 2.05) is 9.95 Å². The van der Waals surface area contributed by atoms with Crippen molar-refractivity contribution in [1.82, 2.24) is 34.1 Å². The Kier molecular flexibility index (Phi) is 6.08. The number of aromatic amines is 1. The molecule has 0 amide bonds. The fraction of sp³-hybridized carbons (Fsp3) is 0.429. The zero-order chi connectivity index (χ0) is 22.0. The fourth-order valence-corrected chi connectivity index (χ4v) is 4.13. The molecule has 4 aromatic rings. The highest BCUT2D eigenvalue weighted by molar-refractivity contribution is 7.13. The van der Waals surface area contributed by atoms with E-state index in [4.69, 9.17) is 4.98 Å². The maximum atomic E-state index is 12.8. The summed E-state index contributed by atoms with van der Waals surface area (Å²) in [5.74, 6) is 1.57. The van der Waals surface area contributed by atoms with Gasteiger partial charge in [0.1, 0.15) is 5.69 Å². The molecule has 0 unspecified atom stereocenters. The monoisotopic (exact) mass is 439 g/mol. The number of fused-ring (bicyclic) bond motifs is 1. The summed E-state index contributed by atoms with van der Waals surface area (Å²) in [6, 6.07) is 1.76. The lowest BCUT2D eigenvalue weighted by Gasteiger charge is -2.10. The summed E-state index contributed by atoms with van der Waals surface area (Å²) in [6.45, 7) is 7.43. The molecule has 0 aromatic carbocycles. The van der Waals surface area contributed by atoms with Crippen molar-refractivity contribution in [3.63, 3.8) is 0 Å². The lowest BCUT2D eigenvalue weighted by atomic mass is 10.1. The van der Waals surface area contributed by atoms with Gasteiger partial charge in [-0.3, -0.25) is 14.3 Å². The number of nitrogens with zero attached hydrogens (tertiary/aromatic N) is 6. The second-order valence-electron chi connectivity index (χ2n) is 7.82. The van der Waals surface area contributed by atoms with Gasteiger partial charge < -0.3 is 4.57 Å². The molecule has 31 heavy (non-hydrogen) atoms. The minimum Gasteiger partial charge on any atom is -0.317 e. The lowest BCUT2D eigenvalue weighted by molar-refractivity contribution is 0.524. The van der Waals surface area contributed by atoms with Crippen molar-refractivity contribution < 1.29 is 0 Å². The van der Waals surface area contributed by atoms with E-state index in [1.165, 1.54) is 11.3 Å². The summed E-state index contributed by atoms with van der Waals surface area (Å²) in [4.78, 5) is 45.7. The minimum absolute atomic E-state index is 0.409. The molecule has 0 aliphatic rings. The maximum Gasteiger partial charge on any atom is 0.330 e. The predicted molar refractivity (Wildman–Crippen MR) is 121 cm³/mol. The second kappa shape index (κ2) is 8.93. The van der Waals surface area contributed by atoms with Crippen LogP contribution in [0, 0.1) is 5.92 Å². The van der Waals surface area contributed by atoms with Crippen LogP contribution in [0.15, 0.2) is 33.4 Å². The molecular weight excluding hydrogens is 414 g/mol. The van der Waals surface area contributed by atoms with Crippen LogP contribution in [0.4, 0.5) is 0 Å². The standard InChI is InChI=1S/C21H25N7O2S/c1-4-5-10-28-18-15(19(29)26-21(28)30)27(11-7-13(2)3)17(25-18)14-12-31-20(24-14)16-22-8-6-9-23-16/h6,8-9,12-13H,4-5,7,10-11H2,1-3H3,(H,26,29,30). The number of unbranched alkanes of at least 4 members (excludes halogenated alkanes) is 1. The number of rotatable bonds is 8. The molecule has 162 valence electrons. The Morgan fingerprint density at radius 3 is 2.58 bits per heavy atom. The molecule has 0 atom stereocenters. The van der Waals surface area contributed by atoms with Gasteiger partial charge in [0.25, 0.3) is 5.56 Å². The highest BCUT2D eigenvalue weighted by atomic mass is 32.1.